The molecule has 0 aromatic heterocycles. The van der Waals surface area contributed by atoms with E-state index in [0.29, 0.717) is 25.9 Å². The van der Waals surface area contributed by atoms with Crippen LogP contribution in [-0.4, -0.2) is 47.4 Å². The van der Waals surface area contributed by atoms with Gasteiger partial charge in [-0.3, -0.25) is 9.59 Å². The highest BCUT2D eigenvalue weighted by atomic mass is 16.5. The monoisotopic (exact) mass is 1320 g/mol. The zero-order valence-electron chi connectivity index (χ0n) is 64.5. The van der Waals surface area contributed by atoms with Crippen molar-refractivity contribution in [3.63, 3.8) is 0 Å². The molecule has 0 aliphatic rings. The number of carbonyl (C=O) groups excluding carboxylic acids is 2. The number of carbonyl (C=O) groups is 2. The van der Waals surface area contributed by atoms with Crippen LogP contribution in [0.5, 0.6) is 0 Å². The van der Waals surface area contributed by atoms with Crippen LogP contribution in [0, 0.1) is 0 Å². The molecule has 0 spiro atoms. The minimum atomic E-state index is -0.662. The molecule has 0 aromatic carbocycles. The van der Waals surface area contributed by atoms with E-state index < -0.39 is 12.1 Å². The number of esters is 1. The Morgan fingerprint density at radius 1 is 0.287 bits per heavy atom. The van der Waals surface area contributed by atoms with Crippen molar-refractivity contribution in [2.45, 2.75) is 527 Å². The molecule has 0 bridgehead atoms. The number of aliphatic hydroxyl groups excluding tert-OH is 2. The maximum Gasteiger partial charge on any atom is 0.305 e. The summed E-state index contributed by atoms with van der Waals surface area (Å²) in [7, 11) is 0. The van der Waals surface area contributed by atoms with Crippen LogP contribution in [0.2, 0.25) is 0 Å². The number of hydrogen-bond donors (Lipinski definition) is 3. The molecule has 0 saturated heterocycles. The highest BCUT2D eigenvalue weighted by molar-refractivity contribution is 5.76. The third kappa shape index (κ3) is 79.6. The minimum absolute atomic E-state index is 0.0208. The second kappa shape index (κ2) is 84.0. The van der Waals surface area contributed by atoms with Crippen molar-refractivity contribution in [3.8, 4) is 0 Å². The molecule has 3 N–H and O–H groups in total. The van der Waals surface area contributed by atoms with Gasteiger partial charge in [0, 0.05) is 12.8 Å². The molecule has 560 valence electrons. The zero-order chi connectivity index (χ0) is 67.7. The van der Waals surface area contributed by atoms with Crippen LogP contribution in [0.4, 0.5) is 0 Å². The fourth-order valence-electron chi connectivity index (χ4n) is 14.4. The van der Waals surface area contributed by atoms with Crippen molar-refractivity contribution in [2.75, 3.05) is 13.2 Å². The largest absolute Gasteiger partial charge is 0.466 e. The predicted octanol–water partition coefficient (Wildman–Crippen LogP) is 29.4. The number of allylic oxidation sites excluding steroid dienone is 2. The number of hydrogen-bond acceptors (Lipinski definition) is 5. The van der Waals surface area contributed by atoms with Crippen LogP contribution >= 0.6 is 0 Å². The molecular formula is C88H173NO5. The summed E-state index contributed by atoms with van der Waals surface area (Å²) in [6.07, 6.45) is 108. The van der Waals surface area contributed by atoms with Crippen molar-refractivity contribution >= 4 is 11.9 Å². The van der Waals surface area contributed by atoms with Crippen molar-refractivity contribution < 1.29 is 24.5 Å². The summed E-state index contributed by atoms with van der Waals surface area (Å²) < 4.78 is 5.52. The van der Waals surface area contributed by atoms with Crippen molar-refractivity contribution in [1.29, 1.82) is 0 Å². The van der Waals surface area contributed by atoms with E-state index in [0.717, 1.165) is 38.5 Å². The van der Waals surface area contributed by atoms with Crippen molar-refractivity contribution in [2.24, 2.45) is 0 Å². The zero-order valence-corrected chi connectivity index (χ0v) is 64.5. The van der Waals surface area contributed by atoms with Gasteiger partial charge in [0.1, 0.15) is 0 Å². The topological polar surface area (TPSA) is 95.9 Å². The second-order valence-electron chi connectivity index (χ2n) is 30.6. The summed E-state index contributed by atoms with van der Waals surface area (Å²) in [6, 6.07) is -0.538. The number of nitrogens with one attached hydrogen (secondary N) is 1. The highest BCUT2D eigenvalue weighted by Crippen LogP contribution is 2.21. The summed E-state index contributed by atoms with van der Waals surface area (Å²) >= 11 is 0. The van der Waals surface area contributed by atoms with Gasteiger partial charge in [-0.2, -0.15) is 0 Å². The van der Waals surface area contributed by atoms with E-state index in [1.807, 2.05) is 0 Å². The van der Waals surface area contributed by atoms with Crippen LogP contribution in [-0.2, 0) is 14.3 Å². The lowest BCUT2D eigenvalue weighted by Crippen LogP contribution is -2.45. The van der Waals surface area contributed by atoms with Crippen LogP contribution in [0.15, 0.2) is 12.2 Å². The molecule has 6 nitrogen and oxygen atoms in total. The summed E-state index contributed by atoms with van der Waals surface area (Å²) in [5.41, 5.74) is 0. The molecule has 94 heavy (non-hydrogen) atoms. The number of amides is 1. The van der Waals surface area contributed by atoms with Crippen LogP contribution < -0.4 is 5.32 Å². The third-order valence-corrected chi connectivity index (χ3v) is 21.1. The van der Waals surface area contributed by atoms with Gasteiger partial charge in [0.25, 0.3) is 0 Å². The molecule has 0 radical (unpaired) electrons. The van der Waals surface area contributed by atoms with Gasteiger partial charge >= 0.3 is 5.97 Å². The standard InChI is InChI=1S/C88H173NO5/c1-3-5-7-9-11-13-15-17-19-21-22-23-24-36-39-42-45-49-52-56-60-64-68-72-76-80-86(91)85(84-90)89-87(92)81-77-73-69-65-61-57-53-50-46-43-40-37-34-32-30-28-26-25-27-29-31-33-35-38-41-44-47-51-55-59-63-67-71-75-79-83-94-88(93)82-78-74-70-66-62-58-54-48-20-18-16-14-12-10-8-6-4-2/h18,20,85-86,90-91H,3-17,19,21-84H2,1-2H3,(H,89,92)/b20-18-. The molecule has 6 heteroatoms. The van der Waals surface area contributed by atoms with Crippen LogP contribution in [0.1, 0.15) is 515 Å². The van der Waals surface area contributed by atoms with E-state index in [9.17, 15) is 19.8 Å². The van der Waals surface area contributed by atoms with Crippen molar-refractivity contribution in [1.82, 2.24) is 5.32 Å². The quantitative estimate of drug-likeness (QED) is 0.0320. The second-order valence-corrected chi connectivity index (χ2v) is 30.6. The molecule has 0 heterocycles. The molecule has 0 aliphatic carbocycles. The lowest BCUT2D eigenvalue weighted by atomic mass is 10.0. The fourth-order valence-corrected chi connectivity index (χ4v) is 14.4. The average Bonchev–Trinajstić information content (AvgIpc) is 3.67. The van der Waals surface area contributed by atoms with Gasteiger partial charge < -0.3 is 20.3 Å². The first-order valence-corrected chi connectivity index (χ1v) is 43.9. The molecule has 0 aromatic rings. The van der Waals surface area contributed by atoms with Crippen molar-refractivity contribution in [3.05, 3.63) is 12.2 Å². The van der Waals surface area contributed by atoms with Gasteiger partial charge in [-0.1, -0.05) is 463 Å². The predicted molar refractivity (Wildman–Crippen MR) is 417 cm³/mol. The van der Waals surface area contributed by atoms with E-state index in [-0.39, 0.29) is 18.5 Å². The number of unbranched alkanes of at least 4 members (excludes halogenated alkanes) is 71. The summed E-state index contributed by atoms with van der Waals surface area (Å²) in [5.74, 6) is -0.00195. The molecule has 0 saturated carbocycles. The van der Waals surface area contributed by atoms with E-state index in [4.69, 9.17) is 4.74 Å². The Balaban J connectivity index is 3.31. The summed E-state index contributed by atoms with van der Waals surface area (Å²) in [5, 5.41) is 23.5. The Morgan fingerprint density at radius 2 is 0.500 bits per heavy atom. The molecular weight excluding hydrogens is 1150 g/mol. The molecule has 0 rings (SSSR count). The maximum absolute atomic E-state index is 12.6. The Hall–Kier alpha value is -1.40. The van der Waals surface area contributed by atoms with Gasteiger partial charge in [-0.05, 0) is 51.4 Å². The Kier molecular flexibility index (Phi) is 82.8. The number of aliphatic hydroxyl groups is 2. The maximum atomic E-state index is 12.6. The summed E-state index contributed by atoms with van der Waals surface area (Å²) in [4.78, 5) is 24.7. The van der Waals surface area contributed by atoms with E-state index in [1.165, 1.54) is 443 Å². The molecule has 0 fully saturated rings. The number of ether oxygens (including phenoxy) is 1. The number of rotatable bonds is 84. The SMILES string of the molecule is CCCCCCCC/C=C\CCCCCCCCCC(=O)OCCCCCCCCCCCCCCCCCCCCCCCCCCCCCCCCCCCCCC(=O)NC(CO)C(O)CCCCCCCCCCCCCCCCCCCCCCCCCCC. The molecule has 2 unspecified atom stereocenters. The smallest absolute Gasteiger partial charge is 0.305 e. The Morgan fingerprint density at radius 3 is 0.755 bits per heavy atom. The van der Waals surface area contributed by atoms with Gasteiger partial charge in [-0.25, -0.2) is 0 Å². The minimum Gasteiger partial charge on any atom is -0.466 e. The van der Waals surface area contributed by atoms with E-state index in [2.05, 4.69) is 31.3 Å². The third-order valence-electron chi connectivity index (χ3n) is 21.1. The molecule has 1 amide bonds. The van der Waals surface area contributed by atoms with Gasteiger partial charge in [0.2, 0.25) is 5.91 Å². The Labute approximate surface area is 590 Å². The first-order chi connectivity index (χ1) is 46.5. The van der Waals surface area contributed by atoms with Crippen LogP contribution in [0.25, 0.3) is 0 Å². The first-order valence-electron chi connectivity index (χ1n) is 43.9. The lowest BCUT2D eigenvalue weighted by Gasteiger charge is -2.22. The fraction of sp³-hybridized carbons (Fsp3) is 0.955. The van der Waals surface area contributed by atoms with Gasteiger partial charge in [0.15, 0.2) is 0 Å². The highest BCUT2D eigenvalue weighted by Gasteiger charge is 2.20. The Bertz CT molecular complexity index is 1430. The molecule has 2 atom stereocenters. The lowest BCUT2D eigenvalue weighted by molar-refractivity contribution is -0.143. The van der Waals surface area contributed by atoms with E-state index in [1.54, 1.807) is 0 Å². The first kappa shape index (κ1) is 92.6. The van der Waals surface area contributed by atoms with E-state index >= 15 is 0 Å². The normalized spacial score (nSPS) is 12.4. The average molecular weight is 1330 g/mol. The van der Waals surface area contributed by atoms with Gasteiger partial charge in [-0.15, -0.1) is 0 Å². The molecule has 0 aliphatic heterocycles. The summed E-state index contributed by atoms with van der Waals surface area (Å²) in [6.45, 7) is 5.02. The van der Waals surface area contributed by atoms with Gasteiger partial charge in [0.05, 0.1) is 25.4 Å². The van der Waals surface area contributed by atoms with Crippen LogP contribution in [0.3, 0.4) is 0 Å².